The summed E-state index contributed by atoms with van der Waals surface area (Å²) in [4.78, 5) is 25.7. The molecule has 25 heavy (non-hydrogen) atoms. The SMILES string of the molecule is O=C(/C=C/c1cccc(Cl)c1Cl)Nc1cccc(N2CCCC2=O)c1. The zero-order valence-corrected chi connectivity index (χ0v) is 14.8. The molecule has 3 rings (SSSR count). The molecule has 1 saturated heterocycles. The number of anilines is 2. The molecule has 1 fully saturated rings. The van der Waals surface area contributed by atoms with E-state index in [9.17, 15) is 9.59 Å². The quantitative estimate of drug-likeness (QED) is 0.783. The second-order valence-corrected chi connectivity index (χ2v) is 6.45. The third-order valence-corrected chi connectivity index (χ3v) is 4.73. The molecule has 128 valence electrons. The number of carbonyl (C=O) groups excluding carboxylic acids is 2. The Kier molecular flexibility index (Phi) is 5.41. The Morgan fingerprint density at radius 3 is 2.72 bits per heavy atom. The van der Waals surface area contributed by atoms with Crippen LogP contribution in [0.5, 0.6) is 0 Å². The van der Waals surface area contributed by atoms with Gasteiger partial charge in [0.25, 0.3) is 0 Å². The minimum atomic E-state index is -0.291. The van der Waals surface area contributed by atoms with E-state index < -0.39 is 0 Å². The van der Waals surface area contributed by atoms with Gasteiger partial charge >= 0.3 is 0 Å². The van der Waals surface area contributed by atoms with Crippen molar-refractivity contribution in [1.82, 2.24) is 0 Å². The van der Waals surface area contributed by atoms with E-state index in [4.69, 9.17) is 23.2 Å². The fourth-order valence-electron chi connectivity index (χ4n) is 2.67. The Morgan fingerprint density at radius 2 is 1.96 bits per heavy atom. The highest BCUT2D eigenvalue weighted by atomic mass is 35.5. The molecule has 1 heterocycles. The topological polar surface area (TPSA) is 49.4 Å². The molecule has 2 aromatic carbocycles. The maximum atomic E-state index is 12.1. The van der Waals surface area contributed by atoms with Crippen molar-refractivity contribution in [3.63, 3.8) is 0 Å². The highest BCUT2D eigenvalue weighted by Gasteiger charge is 2.21. The number of amides is 2. The zero-order chi connectivity index (χ0) is 17.8. The molecule has 0 saturated carbocycles. The van der Waals surface area contributed by atoms with Crippen LogP contribution >= 0.6 is 23.2 Å². The molecule has 4 nitrogen and oxygen atoms in total. The number of nitrogens with zero attached hydrogens (tertiary/aromatic N) is 1. The van der Waals surface area contributed by atoms with E-state index in [0.717, 1.165) is 12.1 Å². The van der Waals surface area contributed by atoms with Crippen molar-refractivity contribution in [2.45, 2.75) is 12.8 Å². The monoisotopic (exact) mass is 374 g/mol. The maximum Gasteiger partial charge on any atom is 0.248 e. The van der Waals surface area contributed by atoms with E-state index >= 15 is 0 Å². The Balaban J connectivity index is 1.70. The fourth-order valence-corrected chi connectivity index (χ4v) is 3.04. The first-order valence-corrected chi connectivity index (χ1v) is 8.64. The summed E-state index contributed by atoms with van der Waals surface area (Å²) in [6, 6.07) is 12.5. The molecule has 0 atom stereocenters. The molecule has 0 aromatic heterocycles. The van der Waals surface area contributed by atoms with Crippen LogP contribution in [0.15, 0.2) is 48.5 Å². The number of nitrogens with one attached hydrogen (secondary N) is 1. The highest BCUT2D eigenvalue weighted by Crippen LogP contribution is 2.27. The highest BCUT2D eigenvalue weighted by molar-refractivity contribution is 6.42. The summed E-state index contributed by atoms with van der Waals surface area (Å²) < 4.78 is 0. The summed E-state index contributed by atoms with van der Waals surface area (Å²) in [6.07, 6.45) is 4.43. The van der Waals surface area contributed by atoms with Crippen LogP contribution in [0.1, 0.15) is 18.4 Å². The van der Waals surface area contributed by atoms with Crippen LogP contribution in [0.2, 0.25) is 10.0 Å². The van der Waals surface area contributed by atoms with Crippen LogP contribution in [0, 0.1) is 0 Å². The minimum Gasteiger partial charge on any atom is -0.322 e. The Labute approximate surface area is 156 Å². The van der Waals surface area contributed by atoms with Crippen molar-refractivity contribution in [1.29, 1.82) is 0 Å². The van der Waals surface area contributed by atoms with Crippen LogP contribution in [0.25, 0.3) is 6.08 Å². The second-order valence-electron chi connectivity index (χ2n) is 5.66. The lowest BCUT2D eigenvalue weighted by molar-refractivity contribution is -0.117. The number of carbonyl (C=O) groups is 2. The smallest absolute Gasteiger partial charge is 0.248 e. The van der Waals surface area contributed by atoms with Crippen LogP contribution in [0.3, 0.4) is 0 Å². The van der Waals surface area contributed by atoms with Crippen molar-refractivity contribution in [3.05, 3.63) is 64.1 Å². The van der Waals surface area contributed by atoms with Gasteiger partial charge in [0.2, 0.25) is 11.8 Å². The molecule has 2 amide bonds. The molecule has 0 unspecified atom stereocenters. The average Bonchev–Trinajstić information content (AvgIpc) is 3.02. The number of benzene rings is 2. The zero-order valence-electron chi connectivity index (χ0n) is 13.3. The van der Waals surface area contributed by atoms with Crippen molar-refractivity contribution >= 4 is 52.5 Å². The molecule has 1 N–H and O–H groups in total. The molecule has 0 radical (unpaired) electrons. The van der Waals surface area contributed by atoms with Crippen molar-refractivity contribution in [3.8, 4) is 0 Å². The van der Waals surface area contributed by atoms with Crippen LogP contribution < -0.4 is 10.2 Å². The lowest BCUT2D eigenvalue weighted by atomic mass is 10.2. The second kappa shape index (κ2) is 7.72. The van der Waals surface area contributed by atoms with Crippen molar-refractivity contribution < 1.29 is 9.59 Å². The summed E-state index contributed by atoms with van der Waals surface area (Å²) in [6.45, 7) is 0.712. The summed E-state index contributed by atoms with van der Waals surface area (Å²) in [7, 11) is 0. The first-order valence-electron chi connectivity index (χ1n) is 7.88. The van der Waals surface area contributed by atoms with Gasteiger partial charge in [0.1, 0.15) is 0 Å². The van der Waals surface area contributed by atoms with Crippen LogP contribution in [0.4, 0.5) is 11.4 Å². The molecule has 1 aliphatic rings. The predicted molar refractivity (Wildman–Crippen MR) is 102 cm³/mol. The first-order chi connectivity index (χ1) is 12.0. The van der Waals surface area contributed by atoms with E-state index in [2.05, 4.69) is 5.32 Å². The van der Waals surface area contributed by atoms with Gasteiger partial charge in [-0.1, -0.05) is 41.4 Å². The number of halogens is 2. The predicted octanol–water partition coefficient (Wildman–Crippen LogP) is 4.77. The summed E-state index contributed by atoms with van der Waals surface area (Å²) >= 11 is 12.0. The molecule has 2 aromatic rings. The molecule has 0 aliphatic carbocycles. The molecule has 0 spiro atoms. The van der Waals surface area contributed by atoms with Gasteiger partial charge in [-0.15, -0.1) is 0 Å². The molecular formula is C19H16Cl2N2O2. The standard InChI is InChI=1S/C19H16Cl2N2O2/c20-16-7-1-4-13(19(16)21)9-10-17(24)22-14-5-2-6-15(12-14)23-11-3-8-18(23)25/h1-2,4-7,9-10,12H,3,8,11H2,(H,22,24)/b10-9+. The van der Waals surface area contributed by atoms with E-state index in [1.54, 1.807) is 41.3 Å². The molecule has 0 bridgehead atoms. The van der Waals surface area contributed by atoms with Gasteiger partial charge in [-0.2, -0.15) is 0 Å². The molecular weight excluding hydrogens is 359 g/mol. The Morgan fingerprint density at radius 1 is 1.16 bits per heavy atom. The van der Waals surface area contributed by atoms with Crippen LogP contribution in [-0.4, -0.2) is 18.4 Å². The van der Waals surface area contributed by atoms with Gasteiger partial charge in [0.15, 0.2) is 0 Å². The maximum absolute atomic E-state index is 12.1. The third-order valence-electron chi connectivity index (χ3n) is 3.89. The van der Waals surface area contributed by atoms with Gasteiger partial charge in [0, 0.05) is 30.4 Å². The summed E-state index contributed by atoms with van der Waals surface area (Å²) in [5.74, 6) is -0.181. The van der Waals surface area contributed by atoms with Crippen molar-refractivity contribution in [2.24, 2.45) is 0 Å². The van der Waals surface area contributed by atoms with Crippen molar-refractivity contribution in [2.75, 3.05) is 16.8 Å². The minimum absolute atomic E-state index is 0.110. The Bertz CT molecular complexity index is 849. The largest absolute Gasteiger partial charge is 0.322 e. The van der Waals surface area contributed by atoms with Gasteiger partial charge in [-0.3, -0.25) is 9.59 Å². The van der Waals surface area contributed by atoms with E-state index in [1.165, 1.54) is 6.08 Å². The van der Waals surface area contributed by atoms with E-state index in [1.807, 2.05) is 12.1 Å². The van der Waals surface area contributed by atoms with Crippen LogP contribution in [-0.2, 0) is 9.59 Å². The van der Waals surface area contributed by atoms with Gasteiger partial charge in [0.05, 0.1) is 10.0 Å². The lowest BCUT2D eigenvalue weighted by Crippen LogP contribution is -2.23. The number of hydrogen-bond acceptors (Lipinski definition) is 2. The summed E-state index contributed by atoms with van der Waals surface area (Å²) in [5.41, 5.74) is 2.09. The lowest BCUT2D eigenvalue weighted by Gasteiger charge is -2.16. The third kappa shape index (κ3) is 4.21. The molecule has 6 heteroatoms. The fraction of sp³-hybridized carbons (Fsp3) is 0.158. The van der Waals surface area contributed by atoms with E-state index in [0.29, 0.717) is 34.3 Å². The average molecular weight is 375 g/mol. The molecule has 1 aliphatic heterocycles. The van der Waals surface area contributed by atoms with Gasteiger partial charge in [-0.25, -0.2) is 0 Å². The number of hydrogen-bond donors (Lipinski definition) is 1. The van der Waals surface area contributed by atoms with Gasteiger partial charge in [-0.05, 0) is 42.3 Å². The normalized spacial score (nSPS) is 14.3. The first kappa shape index (κ1) is 17.5. The number of rotatable bonds is 4. The van der Waals surface area contributed by atoms with E-state index in [-0.39, 0.29) is 11.8 Å². The Hall–Kier alpha value is -2.30. The van der Waals surface area contributed by atoms with Gasteiger partial charge < -0.3 is 10.2 Å². The summed E-state index contributed by atoms with van der Waals surface area (Å²) in [5, 5.41) is 3.63.